The van der Waals surface area contributed by atoms with Crippen molar-refractivity contribution in [1.82, 2.24) is 9.80 Å². The van der Waals surface area contributed by atoms with Crippen LogP contribution >= 0.6 is 0 Å². The minimum Gasteiger partial charge on any atom is -0.353 e. The largest absolute Gasteiger partial charge is 0.353 e. The summed E-state index contributed by atoms with van der Waals surface area (Å²) in [4.78, 5) is 31.8. The van der Waals surface area contributed by atoms with Gasteiger partial charge in [-0.25, -0.2) is 4.39 Å². The highest BCUT2D eigenvalue weighted by Gasteiger charge is 2.55. The van der Waals surface area contributed by atoms with E-state index in [9.17, 15) is 14.0 Å². The smallest absolute Gasteiger partial charge is 0.259 e. The van der Waals surface area contributed by atoms with Crippen LogP contribution in [-0.4, -0.2) is 73.2 Å². The fraction of sp³-hybridized carbons (Fsp3) is 0.636. The third-order valence-electron chi connectivity index (χ3n) is 6.73. The molecular weight excluding hydrogens is 373 g/mol. The van der Waals surface area contributed by atoms with Gasteiger partial charge in [-0.1, -0.05) is 25.5 Å². The predicted octanol–water partition coefficient (Wildman–Crippen LogP) is 0.930. The third-order valence-corrected chi connectivity index (χ3v) is 6.73. The van der Waals surface area contributed by atoms with Crippen molar-refractivity contribution in [2.24, 2.45) is 5.92 Å². The Balaban J connectivity index is 1.66. The van der Waals surface area contributed by atoms with Gasteiger partial charge in [-0.2, -0.15) is 0 Å². The van der Waals surface area contributed by atoms with Crippen LogP contribution in [0.4, 0.5) is 4.39 Å². The minimum absolute atomic E-state index is 0.0104. The van der Waals surface area contributed by atoms with E-state index < -0.39 is 23.5 Å². The first-order valence-electron chi connectivity index (χ1n) is 10.7. The van der Waals surface area contributed by atoms with Gasteiger partial charge >= 0.3 is 0 Å². The Bertz CT molecular complexity index is 780. The molecule has 1 saturated carbocycles. The molecule has 3 fully saturated rings. The lowest BCUT2D eigenvalue weighted by Crippen LogP contribution is -3.12. The molecule has 1 spiro atoms. The van der Waals surface area contributed by atoms with E-state index in [0.29, 0.717) is 31.8 Å². The van der Waals surface area contributed by atoms with Gasteiger partial charge in [0, 0.05) is 0 Å². The number of likely N-dealkylation sites (N-methyl/N-ethyl adjacent to an activating group) is 1. The van der Waals surface area contributed by atoms with Crippen molar-refractivity contribution in [3.05, 3.63) is 35.6 Å². The Morgan fingerprint density at radius 3 is 2.66 bits per heavy atom. The van der Waals surface area contributed by atoms with Crippen LogP contribution in [0.15, 0.2) is 24.3 Å². The van der Waals surface area contributed by atoms with E-state index in [4.69, 9.17) is 4.74 Å². The van der Waals surface area contributed by atoms with Crippen LogP contribution in [0.25, 0.3) is 0 Å². The summed E-state index contributed by atoms with van der Waals surface area (Å²) in [6.07, 6.45) is 3.38. The van der Waals surface area contributed by atoms with Crippen LogP contribution < -0.4 is 4.90 Å². The van der Waals surface area contributed by atoms with Crippen LogP contribution in [0.5, 0.6) is 0 Å². The summed E-state index contributed by atoms with van der Waals surface area (Å²) >= 11 is 0. The Kier molecular flexibility index (Phi) is 5.62. The van der Waals surface area contributed by atoms with E-state index in [2.05, 4.69) is 14.0 Å². The Morgan fingerprint density at radius 1 is 1.24 bits per heavy atom. The number of hydrogen-bond donors (Lipinski definition) is 1. The zero-order valence-corrected chi connectivity index (χ0v) is 17.3. The quantitative estimate of drug-likeness (QED) is 0.798. The number of piperazine rings is 1. The maximum atomic E-state index is 14.5. The van der Waals surface area contributed by atoms with Crippen molar-refractivity contribution in [1.29, 1.82) is 0 Å². The second kappa shape index (κ2) is 8.03. The first-order valence-corrected chi connectivity index (χ1v) is 10.7. The molecule has 0 radical (unpaired) electrons. The maximum absolute atomic E-state index is 14.5. The average molecular weight is 405 g/mol. The highest BCUT2D eigenvalue weighted by Crippen LogP contribution is 2.43. The number of nitrogens with zero attached hydrogens (tertiary/aromatic N) is 2. The molecule has 29 heavy (non-hydrogen) atoms. The Labute approximate surface area is 171 Å². The molecule has 1 aromatic carbocycles. The van der Waals surface area contributed by atoms with Gasteiger partial charge in [-0.05, 0) is 37.3 Å². The number of halogens is 1. The molecule has 0 bridgehead atoms. The second-order valence-electron chi connectivity index (χ2n) is 8.91. The van der Waals surface area contributed by atoms with Gasteiger partial charge in [-0.3, -0.25) is 14.5 Å². The number of benzene rings is 1. The lowest BCUT2D eigenvalue weighted by molar-refractivity contribution is -0.883. The molecule has 4 rings (SSSR count). The first kappa shape index (κ1) is 20.3. The zero-order valence-electron chi connectivity index (χ0n) is 17.3. The SMILES string of the molecule is C[C@@H]1CCC[C@@]2(C1)OC[C@@H](C(=O)N1CC[NH+](C)CC1)N2C(=O)c1ccccc1F. The second-order valence-corrected chi connectivity index (χ2v) is 8.91. The number of hydrogen-bond acceptors (Lipinski definition) is 3. The molecule has 2 heterocycles. The molecule has 2 amide bonds. The van der Waals surface area contributed by atoms with Crippen LogP contribution in [-0.2, 0) is 9.53 Å². The monoisotopic (exact) mass is 404 g/mol. The molecule has 0 unspecified atom stereocenters. The van der Waals surface area contributed by atoms with Gasteiger partial charge in [0.15, 0.2) is 0 Å². The third kappa shape index (κ3) is 3.78. The number of rotatable bonds is 2. The Hall–Kier alpha value is -1.99. The van der Waals surface area contributed by atoms with E-state index in [1.165, 1.54) is 17.0 Å². The van der Waals surface area contributed by atoms with Crippen molar-refractivity contribution in [2.75, 3.05) is 39.8 Å². The van der Waals surface area contributed by atoms with Gasteiger partial charge in [0.25, 0.3) is 5.91 Å². The zero-order chi connectivity index (χ0) is 20.6. The number of carbonyl (C=O) groups excluding carboxylic acids is 2. The first-order chi connectivity index (χ1) is 13.9. The van der Waals surface area contributed by atoms with E-state index in [1.54, 1.807) is 17.0 Å². The molecule has 6 nitrogen and oxygen atoms in total. The predicted molar refractivity (Wildman–Crippen MR) is 106 cm³/mol. The highest BCUT2D eigenvalue weighted by molar-refractivity contribution is 5.98. The van der Waals surface area contributed by atoms with Crippen LogP contribution in [0.1, 0.15) is 43.0 Å². The molecule has 3 aliphatic rings. The maximum Gasteiger partial charge on any atom is 0.259 e. The molecule has 3 atom stereocenters. The van der Waals surface area contributed by atoms with Gasteiger partial charge in [0.05, 0.1) is 45.4 Å². The molecular formula is C22H31FN3O3+. The van der Waals surface area contributed by atoms with E-state index in [0.717, 1.165) is 25.9 Å². The lowest BCUT2D eigenvalue weighted by atomic mass is 9.83. The van der Waals surface area contributed by atoms with Crippen molar-refractivity contribution in [2.45, 2.75) is 44.4 Å². The molecule has 2 saturated heterocycles. The summed E-state index contributed by atoms with van der Waals surface area (Å²) in [5.41, 5.74) is -0.800. The number of amides is 2. The topological polar surface area (TPSA) is 54.3 Å². The number of ether oxygens (including phenoxy) is 1. The van der Waals surface area contributed by atoms with Crippen LogP contribution in [0.2, 0.25) is 0 Å². The van der Waals surface area contributed by atoms with E-state index >= 15 is 0 Å². The fourth-order valence-electron chi connectivity index (χ4n) is 5.08. The number of quaternary nitrogens is 1. The fourth-order valence-corrected chi connectivity index (χ4v) is 5.08. The van der Waals surface area contributed by atoms with E-state index in [-0.39, 0.29) is 18.1 Å². The molecule has 158 valence electrons. The lowest BCUT2D eigenvalue weighted by Gasteiger charge is -2.44. The van der Waals surface area contributed by atoms with Crippen molar-refractivity contribution in [3.63, 3.8) is 0 Å². The van der Waals surface area contributed by atoms with Crippen molar-refractivity contribution in [3.8, 4) is 0 Å². The van der Waals surface area contributed by atoms with Crippen LogP contribution in [0.3, 0.4) is 0 Å². The number of nitrogens with one attached hydrogen (secondary N) is 1. The summed E-state index contributed by atoms with van der Waals surface area (Å²) in [7, 11) is 2.12. The summed E-state index contributed by atoms with van der Waals surface area (Å²) in [6.45, 7) is 5.46. The summed E-state index contributed by atoms with van der Waals surface area (Å²) in [6, 6.07) is 5.33. The van der Waals surface area contributed by atoms with Gasteiger partial charge in [0.1, 0.15) is 17.6 Å². The van der Waals surface area contributed by atoms with Crippen molar-refractivity contribution >= 4 is 11.8 Å². The molecule has 1 N–H and O–H groups in total. The summed E-state index contributed by atoms with van der Waals surface area (Å²) in [5.74, 6) is -0.677. The summed E-state index contributed by atoms with van der Waals surface area (Å²) in [5, 5.41) is 0. The van der Waals surface area contributed by atoms with Crippen LogP contribution in [0, 0.1) is 11.7 Å². The van der Waals surface area contributed by atoms with E-state index in [1.807, 2.05) is 4.90 Å². The standard InChI is InChI=1S/C22H30FN3O3/c1-16-6-5-9-22(14-16)26(20(27)17-7-3-4-8-18(17)23)19(15-29-22)21(28)25-12-10-24(2)11-13-25/h3-4,7-8,16,19H,5-6,9-15H2,1-2H3/p+1/t16-,19+,22+/m1/s1. The van der Waals surface area contributed by atoms with Crippen molar-refractivity contribution < 1.29 is 23.6 Å². The summed E-state index contributed by atoms with van der Waals surface area (Å²) < 4.78 is 20.7. The average Bonchev–Trinajstić information content (AvgIpc) is 3.05. The molecule has 0 aromatic heterocycles. The minimum atomic E-state index is -0.810. The number of carbonyl (C=O) groups is 2. The van der Waals surface area contributed by atoms with Gasteiger partial charge in [-0.15, -0.1) is 0 Å². The Morgan fingerprint density at radius 2 is 1.97 bits per heavy atom. The molecule has 1 aromatic rings. The van der Waals surface area contributed by atoms with Gasteiger partial charge < -0.3 is 14.5 Å². The molecule has 2 aliphatic heterocycles. The highest BCUT2D eigenvalue weighted by atomic mass is 19.1. The normalized spacial score (nSPS) is 30.7. The van der Waals surface area contributed by atoms with Gasteiger partial charge in [0.2, 0.25) is 5.91 Å². The molecule has 7 heteroatoms. The molecule has 1 aliphatic carbocycles.